The Morgan fingerprint density at radius 3 is 2.65 bits per heavy atom. The number of aryl methyl sites for hydroxylation is 1. The highest BCUT2D eigenvalue weighted by Gasteiger charge is 2.09. The van der Waals surface area contributed by atoms with Gasteiger partial charge in [-0.05, 0) is 49.2 Å². The highest BCUT2D eigenvalue weighted by Crippen LogP contribution is 2.19. The molecule has 1 atom stereocenters. The van der Waals surface area contributed by atoms with E-state index in [1.54, 1.807) is 24.3 Å². The lowest BCUT2D eigenvalue weighted by Gasteiger charge is -2.13. The van der Waals surface area contributed by atoms with Crippen molar-refractivity contribution in [2.45, 2.75) is 20.0 Å². The van der Waals surface area contributed by atoms with E-state index in [-0.39, 0.29) is 19.1 Å². The second-order valence-electron chi connectivity index (χ2n) is 5.50. The van der Waals surface area contributed by atoms with Crippen LogP contribution in [0.4, 0.5) is 11.4 Å². The van der Waals surface area contributed by atoms with Gasteiger partial charge in [-0.2, -0.15) is 0 Å². The van der Waals surface area contributed by atoms with Gasteiger partial charge in [0.05, 0.1) is 12.7 Å². The average Bonchev–Trinajstić information content (AvgIpc) is 2.57. The Balaban J connectivity index is 2.09. The van der Waals surface area contributed by atoms with Gasteiger partial charge in [0.2, 0.25) is 0 Å². The van der Waals surface area contributed by atoms with Crippen molar-refractivity contribution in [3.05, 3.63) is 59.2 Å². The van der Waals surface area contributed by atoms with Crippen LogP contribution in [0.15, 0.2) is 42.5 Å². The van der Waals surface area contributed by atoms with Gasteiger partial charge in [-0.1, -0.05) is 18.2 Å². The van der Waals surface area contributed by atoms with E-state index in [1.165, 1.54) is 0 Å². The van der Waals surface area contributed by atoms with E-state index < -0.39 is 6.10 Å². The maximum atomic E-state index is 12.4. The zero-order valence-corrected chi connectivity index (χ0v) is 13.3. The number of rotatable bonds is 6. The fraction of sp³-hybridized carbons (Fsp3) is 0.278. The fourth-order valence-electron chi connectivity index (χ4n) is 2.15. The Morgan fingerprint density at radius 1 is 1.17 bits per heavy atom. The molecule has 5 nitrogen and oxygen atoms in total. The Morgan fingerprint density at radius 2 is 1.91 bits per heavy atom. The lowest BCUT2D eigenvalue weighted by Crippen LogP contribution is -2.23. The topological polar surface area (TPSA) is 81.6 Å². The fourth-order valence-corrected chi connectivity index (χ4v) is 2.15. The molecule has 0 heterocycles. The second kappa shape index (κ2) is 7.76. The van der Waals surface area contributed by atoms with E-state index in [0.717, 1.165) is 16.8 Å². The highest BCUT2D eigenvalue weighted by atomic mass is 16.3. The van der Waals surface area contributed by atoms with Gasteiger partial charge in [-0.3, -0.25) is 4.79 Å². The summed E-state index contributed by atoms with van der Waals surface area (Å²) in [6.45, 7) is 3.89. The lowest BCUT2D eigenvalue weighted by atomic mass is 10.1. The molecular formula is C18H22N2O3. The first-order valence-corrected chi connectivity index (χ1v) is 7.51. The molecule has 5 heteroatoms. The summed E-state index contributed by atoms with van der Waals surface area (Å²) in [7, 11) is 0. The number of carbonyl (C=O) groups is 1. The standard InChI is InChI=1S/C18H22N2O3/c1-12-5-3-8-17(13(12)2)20-18(23)14-6-4-7-15(9-14)19-10-16(22)11-21/h3-9,16,19,21-22H,10-11H2,1-2H3,(H,20,23). The van der Waals surface area contributed by atoms with Crippen molar-refractivity contribution in [2.75, 3.05) is 23.8 Å². The van der Waals surface area contributed by atoms with Crippen molar-refractivity contribution in [3.63, 3.8) is 0 Å². The third kappa shape index (κ3) is 4.55. The molecule has 0 aliphatic rings. The van der Waals surface area contributed by atoms with Crippen LogP contribution < -0.4 is 10.6 Å². The predicted octanol–water partition coefficient (Wildman–Crippen LogP) is 2.32. The molecule has 0 fully saturated rings. The summed E-state index contributed by atoms with van der Waals surface area (Å²) in [6, 6.07) is 12.8. The van der Waals surface area contributed by atoms with Crippen LogP contribution in [0.2, 0.25) is 0 Å². The maximum Gasteiger partial charge on any atom is 0.255 e. The summed E-state index contributed by atoms with van der Waals surface area (Å²) in [5.41, 5.74) is 4.20. The van der Waals surface area contributed by atoms with Gasteiger partial charge in [0.15, 0.2) is 0 Å². The molecule has 122 valence electrons. The summed E-state index contributed by atoms with van der Waals surface area (Å²) in [5, 5.41) is 24.1. The van der Waals surface area contributed by atoms with Gasteiger partial charge in [-0.25, -0.2) is 0 Å². The molecule has 23 heavy (non-hydrogen) atoms. The molecule has 2 aromatic rings. The van der Waals surface area contributed by atoms with E-state index in [4.69, 9.17) is 5.11 Å². The number of amides is 1. The van der Waals surface area contributed by atoms with Crippen molar-refractivity contribution < 1.29 is 15.0 Å². The Kier molecular flexibility index (Phi) is 5.73. The van der Waals surface area contributed by atoms with Crippen molar-refractivity contribution in [3.8, 4) is 0 Å². The molecule has 4 N–H and O–H groups in total. The maximum absolute atomic E-state index is 12.4. The molecule has 0 saturated carbocycles. The number of aliphatic hydroxyl groups is 2. The van der Waals surface area contributed by atoms with E-state index in [9.17, 15) is 9.90 Å². The molecule has 0 aromatic heterocycles. The second-order valence-corrected chi connectivity index (χ2v) is 5.50. The van der Waals surface area contributed by atoms with Crippen LogP contribution in [-0.2, 0) is 0 Å². The normalized spacial score (nSPS) is 11.8. The molecule has 0 bridgehead atoms. The Bertz CT molecular complexity index is 686. The van der Waals surface area contributed by atoms with Crippen molar-refractivity contribution in [1.82, 2.24) is 0 Å². The molecule has 2 rings (SSSR count). The van der Waals surface area contributed by atoms with E-state index >= 15 is 0 Å². The van der Waals surface area contributed by atoms with Crippen LogP contribution in [-0.4, -0.2) is 35.4 Å². The largest absolute Gasteiger partial charge is 0.394 e. The van der Waals surface area contributed by atoms with Crippen molar-refractivity contribution in [2.24, 2.45) is 0 Å². The minimum atomic E-state index is -0.831. The van der Waals surface area contributed by atoms with Gasteiger partial charge in [0.25, 0.3) is 5.91 Å². The van der Waals surface area contributed by atoms with Crippen LogP contribution in [0.5, 0.6) is 0 Å². The summed E-state index contributed by atoms with van der Waals surface area (Å²) in [5.74, 6) is -0.190. The number of hydrogen-bond acceptors (Lipinski definition) is 4. The minimum absolute atomic E-state index is 0.190. The smallest absolute Gasteiger partial charge is 0.255 e. The summed E-state index contributed by atoms with van der Waals surface area (Å²) in [6.07, 6.45) is -0.831. The minimum Gasteiger partial charge on any atom is -0.394 e. The SMILES string of the molecule is Cc1cccc(NC(=O)c2cccc(NCC(O)CO)c2)c1C. The molecule has 0 spiro atoms. The van der Waals surface area contributed by atoms with Gasteiger partial charge >= 0.3 is 0 Å². The summed E-state index contributed by atoms with van der Waals surface area (Å²) in [4.78, 5) is 12.4. The first kappa shape index (κ1) is 17.0. The van der Waals surface area contributed by atoms with Crippen LogP contribution in [0, 0.1) is 13.8 Å². The monoisotopic (exact) mass is 314 g/mol. The third-order valence-corrected chi connectivity index (χ3v) is 3.73. The Labute approximate surface area is 136 Å². The molecular weight excluding hydrogens is 292 g/mol. The number of benzene rings is 2. The Hall–Kier alpha value is -2.37. The first-order chi connectivity index (χ1) is 11.0. The molecule has 1 amide bonds. The zero-order valence-electron chi connectivity index (χ0n) is 13.3. The quantitative estimate of drug-likeness (QED) is 0.659. The molecule has 0 radical (unpaired) electrons. The van der Waals surface area contributed by atoms with Crippen molar-refractivity contribution >= 4 is 17.3 Å². The summed E-state index contributed by atoms with van der Waals surface area (Å²) < 4.78 is 0. The van der Waals surface area contributed by atoms with Crippen LogP contribution in [0.25, 0.3) is 0 Å². The van der Waals surface area contributed by atoms with E-state index in [2.05, 4.69) is 10.6 Å². The van der Waals surface area contributed by atoms with E-state index in [1.807, 2.05) is 32.0 Å². The van der Waals surface area contributed by atoms with Crippen LogP contribution >= 0.6 is 0 Å². The number of anilines is 2. The molecule has 0 aliphatic heterocycles. The van der Waals surface area contributed by atoms with Gasteiger partial charge in [-0.15, -0.1) is 0 Å². The van der Waals surface area contributed by atoms with Gasteiger partial charge in [0, 0.05) is 23.5 Å². The average molecular weight is 314 g/mol. The molecule has 0 saturated heterocycles. The van der Waals surface area contributed by atoms with Crippen LogP contribution in [0.1, 0.15) is 21.5 Å². The predicted molar refractivity (Wildman–Crippen MR) is 91.9 cm³/mol. The van der Waals surface area contributed by atoms with Gasteiger partial charge < -0.3 is 20.8 Å². The van der Waals surface area contributed by atoms with Crippen molar-refractivity contribution in [1.29, 1.82) is 0 Å². The third-order valence-electron chi connectivity index (χ3n) is 3.73. The number of hydrogen-bond donors (Lipinski definition) is 4. The molecule has 2 aromatic carbocycles. The summed E-state index contributed by atoms with van der Waals surface area (Å²) >= 11 is 0. The molecule has 0 aliphatic carbocycles. The lowest BCUT2D eigenvalue weighted by molar-refractivity contribution is 0.102. The first-order valence-electron chi connectivity index (χ1n) is 7.51. The van der Waals surface area contributed by atoms with Crippen LogP contribution in [0.3, 0.4) is 0 Å². The van der Waals surface area contributed by atoms with E-state index in [0.29, 0.717) is 11.3 Å². The number of nitrogens with one attached hydrogen (secondary N) is 2. The number of carbonyl (C=O) groups excluding carboxylic acids is 1. The van der Waals surface area contributed by atoms with Gasteiger partial charge in [0.1, 0.15) is 0 Å². The number of aliphatic hydroxyl groups excluding tert-OH is 2. The highest BCUT2D eigenvalue weighted by molar-refractivity contribution is 6.05. The molecule has 1 unspecified atom stereocenters. The zero-order chi connectivity index (χ0) is 16.8.